The molecule has 4 heteroatoms. The lowest BCUT2D eigenvalue weighted by Gasteiger charge is -2.40. The molecule has 2 N–H and O–H groups in total. The first-order chi connectivity index (χ1) is 6.13. The van der Waals surface area contributed by atoms with Gasteiger partial charge in [0.1, 0.15) is 5.54 Å². The van der Waals surface area contributed by atoms with Crippen LogP contribution in [0.4, 0.5) is 0 Å². The number of nitrogens with zero attached hydrogens (tertiary/aromatic N) is 1. The summed E-state index contributed by atoms with van der Waals surface area (Å²) in [6.07, 6.45) is 2.45. The van der Waals surface area contributed by atoms with Crippen LogP contribution in [0.1, 0.15) is 12.8 Å². The number of carbonyl (C=O) groups is 1. The molecule has 0 atom stereocenters. The lowest BCUT2D eigenvalue weighted by molar-refractivity contribution is -0.146. The Morgan fingerprint density at radius 3 is 2.85 bits per heavy atom. The van der Waals surface area contributed by atoms with Crippen LogP contribution in [0.3, 0.4) is 0 Å². The maximum Gasteiger partial charge on any atom is 0.306 e. The molecule has 1 aliphatic rings. The van der Waals surface area contributed by atoms with Crippen LogP contribution in [0.25, 0.3) is 0 Å². The molecule has 0 unspecified atom stereocenters. The minimum atomic E-state index is -0.814. The molecule has 0 radical (unpaired) electrons. The zero-order valence-electron chi connectivity index (χ0n) is 7.29. The van der Waals surface area contributed by atoms with Gasteiger partial charge >= 0.3 is 5.97 Å². The van der Waals surface area contributed by atoms with Crippen molar-refractivity contribution in [3.8, 4) is 6.07 Å². The van der Waals surface area contributed by atoms with Crippen LogP contribution in [0.5, 0.6) is 0 Å². The molecular weight excluding hydrogens is 168 g/mol. The van der Waals surface area contributed by atoms with Gasteiger partial charge in [0, 0.05) is 6.54 Å². The first-order valence-corrected chi connectivity index (χ1v) is 4.13. The van der Waals surface area contributed by atoms with E-state index in [1.165, 1.54) is 0 Å². The summed E-state index contributed by atoms with van der Waals surface area (Å²) < 4.78 is 0. The van der Waals surface area contributed by atoms with E-state index in [2.05, 4.69) is 18.0 Å². The van der Waals surface area contributed by atoms with E-state index in [4.69, 9.17) is 10.4 Å². The minimum absolute atomic E-state index is 0.364. The molecule has 0 aromatic heterocycles. The molecule has 0 aromatic carbocycles. The Balaban J connectivity index is 2.46. The number of aliphatic carboxylic acids is 1. The summed E-state index contributed by atoms with van der Waals surface area (Å²) in [7, 11) is 0. The summed E-state index contributed by atoms with van der Waals surface area (Å²) in [6, 6.07) is 2.11. The Morgan fingerprint density at radius 1 is 1.85 bits per heavy atom. The summed E-state index contributed by atoms with van der Waals surface area (Å²) in [4.78, 5) is 10.5. The highest BCUT2D eigenvalue weighted by atomic mass is 16.4. The lowest BCUT2D eigenvalue weighted by Crippen LogP contribution is -2.56. The summed E-state index contributed by atoms with van der Waals surface area (Å²) in [5.74, 6) is -1.18. The van der Waals surface area contributed by atoms with Crippen molar-refractivity contribution in [2.45, 2.75) is 18.4 Å². The quantitative estimate of drug-likeness (QED) is 0.618. The topological polar surface area (TPSA) is 73.1 Å². The van der Waals surface area contributed by atoms with E-state index in [1.54, 1.807) is 6.08 Å². The summed E-state index contributed by atoms with van der Waals surface area (Å²) in [6.45, 7) is 4.06. The van der Waals surface area contributed by atoms with E-state index < -0.39 is 11.5 Å². The summed E-state index contributed by atoms with van der Waals surface area (Å²) >= 11 is 0. The van der Waals surface area contributed by atoms with E-state index in [9.17, 15) is 4.79 Å². The zero-order valence-corrected chi connectivity index (χ0v) is 7.29. The first-order valence-electron chi connectivity index (χ1n) is 4.13. The van der Waals surface area contributed by atoms with Gasteiger partial charge in [-0.15, -0.1) is 6.58 Å². The van der Waals surface area contributed by atoms with Crippen molar-refractivity contribution in [1.82, 2.24) is 5.32 Å². The van der Waals surface area contributed by atoms with Crippen LogP contribution >= 0.6 is 0 Å². The van der Waals surface area contributed by atoms with Crippen molar-refractivity contribution in [3.05, 3.63) is 12.7 Å². The highest BCUT2D eigenvalue weighted by molar-refractivity contribution is 5.72. The molecule has 0 bridgehead atoms. The van der Waals surface area contributed by atoms with Crippen molar-refractivity contribution in [2.24, 2.45) is 5.92 Å². The standard InChI is InChI=1S/C9H12N2O2/c1-2-3-11-9(6-10)4-7(5-9)8(12)13/h2,7,11H,1,3-5H2,(H,12,13). The van der Waals surface area contributed by atoms with Crippen LogP contribution in [0, 0.1) is 17.2 Å². The lowest BCUT2D eigenvalue weighted by atomic mass is 9.69. The molecule has 4 nitrogen and oxygen atoms in total. The first kappa shape index (κ1) is 9.75. The van der Waals surface area contributed by atoms with Gasteiger partial charge in [0.15, 0.2) is 0 Å². The number of nitriles is 1. The fourth-order valence-electron chi connectivity index (χ4n) is 1.50. The highest BCUT2D eigenvalue weighted by Gasteiger charge is 2.47. The van der Waals surface area contributed by atoms with Crippen molar-refractivity contribution < 1.29 is 9.90 Å². The third-order valence-corrected chi connectivity index (χ3v) is 2.34. The predicted molar refractivity (Wildman–Crippen MR) is 46.9 cm³/mol. The van der Waals surface area contributed by atoms with Crippen LogP contribution in [-0.4, -0.2) is 23.2 Å². The Morgan fingerprint density at radius 2 is 2.46 bits per heavy atom. The number of nitrogens with one attached hydrogen (secondary N) is 1. The molecule has 70 valence electrons. The Labute approximate surface area is 76.9 Å². The maximum atomic E-state index is 10.5. The van der Waals surface area contributed by atoms with E-state index in [1.807, 2.05) is 0 Å². The summed E-state index contributed by atoms with van der Waals surface area (Å²) in [5.41, 5.74) is -0.628. The molecule has 1 rings (SSSR count). The summed E-state index contributed by atoms with van der Waals surface area (Å²) in [5, 5.41) is 20.4. The molecule has 0 saturated heterocycles. The number of hydrogen-bond acceptors (Lipinski definition) is 3. The normalized spacial score (nSPS) is 31.5. The second-order valence-corrected chi connectivity index (χ2v) is 3.31. The second kappa shape index (κ2) is 3.58. The molecule has 1 fully saturated rings. The maximum absolute atomic E-state index is 10.5. The smallest absolute Gasteiger partial charge is 0.306 e. The fraction of sp³-hybridized carbons (Fsp3) is 0.556. The van der Waals surface area contributed by atoms with E-state index >= 15 is 0 Å². The van der Waals surface area contributed by atoms with E-state index in [-0.39, 0.29) is 5.92 Å². The highest BCUT2D eigenvalue weighted by Crippen LogP contribution is 2.37. The number of carboxylic acids is 1. The Hall–Kier alpha value is -1.34. The minimum Gasteiger partial charge on any atom is -0.481 e. The van der Waals surface area contributed by atoms with Gasteiger partial charge in [0.25, 0.3) is 0 Å². The van der Waals surface area contributed by atoms with Crippen LogP contribution in [0.15, 0.2) is 12.7 Å². The van der Waals surface area contributed by atoms with Gasteiger partial charge in [0.2, 0.25) is 0 Å². The van der Waals surface area contributed by atoms with Crippen molar-refractivity contribution in [1.29, 1.82) is 5.26 Å². The molecule has 1 aliphatic carbocycles. The zero-order chi connectivity index (χ0) is 9.90. The van der Waals surface area contributed by atoms with Crippen molar-refractivity contribution >= 4 is 5.97 Å². The van der Waals surface area contributed by atoms with Gasteiger partial charge in [-0.3, -0.25) is 10.1 Å². The molecule has 0 spiro atoms. The third kappa shape index (κ3) is 1.87. The Bertz CT molecular complexity index is 261. The number of carboxylic acid groups (broad SMARTS) is 1. The predicted octanol–water partition coefficient (Wildman–Crippen LogP) is 0.519. The third-order valence-electron chi connectivity index (χ3n) is 2.34. The largest absolute Gasteiger partial charge is 0.481 e. The van der Waals surface area contributed by atoms with Gasteiger partial charge in [0.05, 0.1) is 12.0 Å². The second-order valence-electron chi connectivity index (χ2n) is 3.31. The van der Waals surface area contributed by atoms with Gasteiger partial charge < -0.3 is 5.11 Å². The monoisotopic (exact) mass is 180 g/mol. The number of hydrogen-bond donors (Lipinski definition) is 2. The van der Waals surface area contributed by atoms with E-state index in [0.717, 1.165) is 0 Å². The van der Waals surface area contributed by atoms with Gasteiger partial charge in [-0.2, -0.15) is 5.26 Å². The Kier molecular flexibility index (Phi) is 2.69. The molecule has 0 aromatic rings. The molecule has 0 heterocycles. The van der Waals surface area contributed by atoms with Crippen LogP contribution in [-0.2, 0) is 4.79 Å². The van der Waals surface area contributed by atoms with Gasteiger partial charge in [-0.25, -0.2) is 0 Å². The SMILES string of the molecule is C=CCNC1(C#N)CC(C(=O)O)C1. The molecule has 13 heavy (non-hydrogen) atoms. The van der Waals surface area contributed by atoms with Crippen LogP contribution in [0.2, 0.25) is 0 Å². The van der Waals surface area contributed by atoms with Gasteiger partial charge in [-0.1, -0.05) is 6.08 Å². The molecular formula is C9H12N2O2. The average Bonchev–Trinajstić information content (AvgIpc) is 2.03. The van der Waals surface area contributed by atoms with Crippen molar-refractivity contribution in [2.75, 3.05) is 6.54 Å². The number of rotatable bonds is 4. The van der Waals surface area contributed by atoms with E-state index in [0.29, 0.717) is 19.4 Å². The van der Waals surface area contributed by atoms with Gasteiger partial charge in [-0.05, 0) is 12.8 Å². The molecule has 1 saturated carbocycles. The average molecular weight is 180 g/mol. The molecule has 0 aliphatic heterocycles. The van der Waals surface area contributed by atoms with Crippen molar-refractivity contribution in [3.63, 3.8) is 0 Å². The fourth-order valence-corrected chi connectivity index (χ4v) is 1.50. The molecule has 0 amide bonds. The van der Waals surface area contributed by atoms with Crippen LogP contribution < -0.4 is 5.32 Å².